The predicted octanol–water partition coefficient (Wildman–Crippen LogP) is 5.54. The van der Waals surface area contributed by atoms with Gasteiger partial charge in [-0.05, 0) is 17.5 Å². The largest absolute Gasteiger partial charge is 0.512 e. The van der Waals surface area contributed by atoms with Crippen molar-refractivity contribution >= 4 is 12.0 Å². The van der Waals surface area contributed by atoms with Crippen LogP contribution in [0.5, 0.6) is 0 Å². The summed E-state index contributed by atoms with van der Waals surface area (Å²) in [6.45, 7) is 2.05. The Hall–Kier alpha value is -2.81. The van der Waals surface area contributed by atoms with Crippen molar-refractivity contribution in [2.75, 3.05) is 0 Å². The Kier molecular flexibility index (Phi) is 5.57. The molecule has 0 fully saturated rings. The van der Waals surface area contributed by atoms with Gasteiger partial charge in [-0.2, -0.15) is 0 Å². The maximum atomic E-state index is 12.6. The summed E-state index contributed by atoms with van der Waals surface area (Å²) >= 11 is 0. The van der Waals surface area contributed by atoms with Gasteiger partial charge in [0, 0.05) is 12.8 Å². The Morgan fingerprint density at radius 2 is 1.73 bits per heavy atom. The topological polar surface area (TPSA) is 46.5 Å². The number of carbonyl (C=O) groups excluding carboxylic acids is 1. The fourth-order valence-electron chi connectivity index (χ4n) is 3.44. The first-order chi connectivity index (χ1) is 12.6. The molecule has 1 aliphatic rings. The zero-order valence-electron chi connectivity index (χ0n) is 15.0. The summed E-state index contributed by atoms with van der Waals surface area (Å²) in [5.41, 5.74) is 1.56. The molecule has 2 aromatic carbocycles. The number of allylic oxidation sites excluding steroid dienone is 1. The Morgan fingerprint density at radius 1 is 1.08 bits per heavy atom. The third-order valence-electron chi connectivity index (χ3n) is 4.72. The zero-order valence-corrected chi connectivity index (χ0v) is 15.0. The van der Waals surface area contributed by atoms with E-state index in [2.05, 4.69) is 6.92 Å². The number of benzene rings is 2. The monoisotopic (exact) mass is 348 g/mol. The molecular weight excluding hydrogens is 324 g/mol. The van der Waals surface area contributed by atoms with E-state index in [1.54, 1.807) is 0 Å². The van der Waals surface area contributed by atoms with Crippen LogP contribution in [0.2, 0.25) is 0 Å². The quantitative estimate of drug-likeness (QED) is 0.697. The molecule has 1 heterocycles. The smallest absolute Gasteiger partial charge is 0.338 e. The molecule has 2 aromatic rings. The number of esters is 1. The van der Waals surface area contributed by atoms with Gasteiger partial charge in [0.05, 0.1) is 5.57 Å². The van der Waals surface area contributed by atoms with E-state index >= 15 is 0 Å². The third kappa shape index (κ3) is 3.88. The van der Waals surface area contributed by atoms with Gasteiger partial charge in [-0.15, -0.1) is 0 Å². The summed E-state index contributed by atoms with van der Waals surface area (Å²) < 4.78 is 5.90. The Bertz CT molecular complexity index is 806. The highest BCUT2D eigenvalue weighted by Gasteiger charge is 2.42. The number of hydrogen-bond acceptors (Lipinski definition) is 3. The zero-order chi connectivity index (χ0) is 18.4. The molecule has 3 rings (SSSR count). The molecule has 3 heteroatoms. The van der Waals surface area contributed by atoms with E-state index in [0.29, 0.717) is 24.8 Å². The molecule has 3 nitrogen and oxygen atoms in total. The van der Waals surface area contributed by atoms with Crippen LogP contribution in [0.1, 0.15) is 43.7 Å². The van der Waals surface area contributed by atoms with Crippen molar-refractivity contribution in [1.29, 1.82) is 0 Å². The van der Waals surface area contributed by atoms with Gasteiger partial charge in [0.25, 0.3) is 0 Å². The lowest BCUT2D eigenvalue weighted by Gasteiger charge is -2.37. The highest BCUT2D eigenvalue weighted by Crippen LogP contribution is 2.41. The minimum atomic E-state index is -0.774. The van der Waals surface area contributed by atoms with E-state index in [0.717, 1.165) is 17.5 Å². The van der Waals surface area contributed by atoms with Crippen LogP contribution in [0.15, 0.2) is 78.1 Å². The van der Waals surface area contributed by atoms with E-state index in [9.17, 15) is 9.90 Å². The maximum Gasteiger partial charge on any atom is 0.338 e. The van der Waals surface area contributed by atoms with Crippen LogP contribution >= 0.6 is 0 Å². The molecule has 134 valence electrons. The summed E-state index contributed by atoms with van der Waals surface area (Å²) in [4.78, 5) is 12.6. The first-order valence-corrected chi connectivity index (χ1v) is 9.06. The van der Waals surface area contributed by atoms with E-state index < -0.39 is 11.6 Å². The molecule has 26 heavy (non-hydrogen) atoms. The number of aliphatic hydroxyl groups is 1. The molecule has 1 aliphatic heterocycles. The van der Waals surface area contributed by atoms with Crippen molar-refractivity contribution in [2.45, 2.75) is 38.2 Å². The Morgan fingerprint density at radius 3 is 2.35 bits per heavy atom. The van der Waals surface area contributed by atoms with Crippen molar-refractivity contribution in [1.82, 2.24) is 0 Å². The minimum Gasteiger partial charge on any atom is -0.512 e. The van der Waals surface area contributed by atoms with Gasteiger partial charge in [-0.3, -0.25) is 0 Å². The highest BCUT2D eigenvalue weighted by molar-refractivity contribution is 5.90. The standard InChI is InChI=1S/C23H24O3/c1-2-16-23(19-13-7-4-8-14-19)17-21(24)20(22(25)26-23)15-9-12-18-10-5-3-6-11-18/h3-14,24H,2,15-17H2,1H3/b12-9+. The minimum absolute atomic E-state index is 0.135. The second-order valence-electron chi connectivity index (χ2n) is 6.62. The normalized spacial score (nSPS) is 20.4. The molecule has 1 unspecified atom stereocenters. The average molecular weight is 348 g/mol. The van der Waals surface area contributed by atoms with Crippen LogP contribution in [-0.4, -0.2) is 11.1 Å². The van der Waals surface area contributed by atoms with Gasteiger partial charge >= 0.3 is 5.97 Å². The highest BCUT2D eigenvalue weighted by atomic mass is 16.6. The number of aliphatic hydroxyl groups excluding tert-OH is 1. The fourth-order valence-corrected chi connectivity index (χ4v) is 3.44. The van der Waals surface area contributed by atoms with Crippen molar-refractivity contribution in [3.63, 3.8) is 0 Å². The molecule has 0 saturated heterocycles. The predicted molar refractivity (Wildman–Crippen MR) is 103 cm³/mol. The summed E-state index contributed by atoms with van der Waals surface area (Å²) in [5, 5.41) is 10.6. The molecule has 0 aliphatic carbocycles. The maximum absolute atomic E-state index is 12.6. The lowest BCUT2D eigenvalue weighted by molar-refractivity contribution is -0.161. The van der Waals surface area contributed by atoms with Crippen LogP contribution in [0, 0.1) is 0 Å². The first-order valence-electron chi connectivity index (χ1n) is 9.06. The van der Waals surface area contributed by atoms with Crippen molar-refractivity contribution in [3.05, 3.63) is 89.2 Å². The number of cyclic esters (lactones) is 1. The lowest BCUT2D eigenvalue weighted by atomic mass is 9.82. The second kappa shape index (κ2) is 8.05. The van der Waals surface area contributed by atoms with Gasteiger partial charge in [0.2, 0.25) is 0 Å². The number of hydrogen-bond donors (Lipinski definition) is 1. The van der Waals surface area contributed by atoms with E-state index in [1.807, 2.05) is 72.8 Å². The van der Waals surface area contributed by atoms with Crippen molar-refractivity contribution < 1.29 is 14.6 Å². The molecule has 0 saturated carbocycles. The van der Waals surface area contributed by atoms with Gasteiger partial charge in [0.1, 0.15) is 11.4 Å². The molecule has 0 aromatic heterocycles. The first kappa shape index (κ1) is 18.0. The summed E-state index contributed by atoms with van der Waals surface area (Å²) in [5.74, 6) is -0.292. The van der Waals surface area contributed by atoms with Crippen molar-refractivity contribution in [3.8, 4) is 0 Å². The van der Waals surface area contributed by atoms with Crippen LogP contribution < -0.4 is 0 Å². The average Bonchev–Trinajstić information content (AvgIpc) is 2.66. The molecule has 0 amide bonds. The second-order valence-corrected chi connectivity index (χ2v) is 6.62. The van der Waals surface area contributed by atoms with E-state index in [1.165, 1.54) is 0 Å². The van der Waals surface area contributed by atoms with Gasteiger partial charge in [-0.1, -0.05) is 86.2 Å². The molecule has 1 N–H and O–H groups in total. The Labute approximate surface area is 154 Å². The summed E-state index contributed by atoms with van der Waals surface area (Å²) in [7, 11) is 0. The van der Waals surface area contributed by atoms with Crippen LogP contribution in [-0.2, 0) is 15.1 Å². The van der Waals surface area contributed by atoms with Crippen LogP contribution in [0.25, 0.3) is 6.08 Å². The van der Waals surface area contributed by atoms with Gasteiger partial charge in [-0.25, -0.2) is 4.79 Å². The molecule has 1 atom stereocenters. The summed E-state index contributed by atoms with van der Waals surface area (Å²) in [6, 6.07) is 19.6. The van der Waals surface area contributed by atoms with Crippen LogP contribution in [0.4, 0.5) is 0 Å². The van der Waals surface area contributed by atoms with Crippen molar-refractivity contribution in [2.24, 2.45) is 0 Å². The van der Waals surface area contributed by atoms with E-state index in [4.69, 9.17) is 4.74 Å². The van der Waals surface area contributed by atoms with Gasteiger partial charge < -0.3 is 9.84 Å². The number of ether oxygens (including phenoxy) is 1. The van der Waals surface area contributed by atoms with E-state index in [-0.39, 0.29) is 5.76 Å². The number of carbonyl (C=O) groups is 1. The summed E-state index contributed by atoms with van der Waals surface area (Å²) in [6.07, 6.45) is 6.05. The Balaban J connectivity index is 1.82. The molecular formula is C23H24O3. The third-order valence-corrected chi connectivity index (χ3v) is 4.72. The lowest BCUT2D eigenvalue weighted by Crippen LogP contribution is -2.37. The number of rotatable bonds is 6. The SMILES string of the molecule is CCCC1(c2ccccc2)CC(O)=C(C/C=C/c2ccccc2)C(=O)O1. The molecule has 0 bridgehead atoms. The van der Waals surface area contributed by atoms with Gasteiger partial charge in [0.15, 0.2) is 0 Å². The molecule has 0 radical (unpaired) electrons. The fraction of sp³-hybridized carbons (Fsp3) is 0.261. The molecule has 0 spiro atoms. The van der Waals surface area contributed by atoms with Crippen LogP contribution in [0.3, 0.4) is 0 Å².